The molecule has 0 amide bonds. The first kappa shape index (κ1) is 24.6. The lowest BCUT2D eigenvalue weighted by molar-refractivity contribution is 0.0277. The van der Waals surface area contributed by atoms with E-state index in [1.807, 2.05) is 0 Å². The highest BCUT2D eigenvalue weighted by molar-refractivity contribution is 5.95. The molecule has 32 heavy (non-hydrogen) atoms. The average Bonchev–Trinajstić information content (AvgIpc) is 2.87. The molecule has 2 N–H and O–H groups in total. The molecular weight excluding hydrogens is 416 g/mol. The molecule has 1 fully saturated rings. The van der Waals surface area contributed by atoms with Crippen LogP contribution in [0.2, 0.25) is 0 Å². The molecular formula is C24H26O8. The van der Waals surface area contributed by atoms with Gasteiger partial charge in [0, 0.05) is 0 Å². The van der Waals surface area contributed by atoms with Crippen LogP contribution in [0.5, 0.6) is 0 Å². The topological polar surface area (TPSA) is 127 Å². The van der Waals surface area contributed by atoms with Crippen LogP contribution in [-0.2, 0) is 9.47 Å². The minimum atomic E-state index is -1.06. The quantitative estimate of drug-likeness (QED) is 0.654. The molecule has 1 saturated carbocycles. The molecule has 0 aromatic heterocycles. The molecule has 1 aliphatic heterocycles. The number of fused-ring (bicyclic) bond motifs is 2. The molecule has 0 atom stereocenters. The standard InChI is InChI=1S/C10H8O4.C8H6O4.C6H12/c11-9-7-2-1-3-8(6-7)10(12)14-5-4-13-9;9-7(10)5-1-2-6(4-3-5)8(11)12;1-2-4-6-5-3-1/h1-3,6H,4-5H2;1-4H,(H,9,10)(H,11,12);1-6H2. The SMILES string of the molecule is C1CCCCC1.O=C(O)c1ccc(C(=O)O)cc1.O=C1OCCOC(=O)c2cccc1c2. The van der Waals surface area contributed by atoms with Crippen molar-refractivity contribution >= 4 is 23.9 Å². The van der Waals surface area contributed by atoms with Gasteiger partial charge in [0.1, 0.15) is 13.2 Å². The Morgan fingerprint density at radius 1 is 0.625 bits per heavy atom. The Morgan fingerprint density at radius 2 is 0.969 bits per heavy atom. The summed E-state index contributed by atoms with van der Waals surface area (Å²) in [5.74, 6) is -2.98. The van der Waals surface area contributed by atoms with Gasteiger partial charge in [0.15, 0.2) is 0 Å². The lowest BCUT2D eigenvalue weighted by Gasteiger charge is -2.05. The van der Waals surface area contributed by atoms with Crippen molar-refractivity contribution in [1.82, 2.24) is 0 Å². The number of cyclic esters (lactones) is 2. The van der Waals surface area contributed by atoms with Gasteiger partial charge in [0.2, 0.25) is 0 Å². The van der Waals surface area contributed by atoms with Crippen molar-refractivity contribution < 1.29 is 38.9 Å². The van der Waals surface area contributed by atoms with E-state index in [9.17, 15) is 19.2 Å². The van der Waals surface area contributed by atoms with Crippen LogP contribution < -0.4 is 0 Å². The summed E-state index contributed by atoms with van der Waals surface area (Å²) >= 11 is 0. The van der Waals surface area contributed by atoms with Gasteiger partial charge in [-0.05, 0) is 42.5 Å². The second-order valence-corrected chi connectivity index (χ2v) is 7.16. The van der Waals surface area contributed by atoms with Gasteiger partial charge in [0.25, 0.3) is 0 Å². The first-order chi connectivity index (χ1) is 15.4. The molecule has 1 aliphatic carbocycles. The molecule has 2 bridgehead atoms. The summed E-state index contributed by atoms with van der Waals surface area (Å²) < 4.78 is 9.67. The van der Waals surface area contributed by atoms with Crippen molar-refractivity contribution in [1.29, 1.82) is 0 Å². The maximum Gasteiger partial charge on any atom is 0.338 e. The van der Waals surface area contributed by atoms with Crippen LogP contribution >= 0.6 is 0 Å². The zero-order chi connectivity index (χ0) is 23.3. The molecule has 0 saturated heterocycles. The van der Waals surface area contributed by atoms with Gasteiger partial charge in [-0.2, -0.15) is 0 Å². The summed E-state index contributed by atoms with van der Waals surface area (Å²) in [5.41, 5.74) is 0.919. The van der Waals surface area contributed by atoms with Crippen molar-refractivity contribution in [3.63, 3.8) is 0 Å². The van der Waals surface area contributed by atoms with Gasteiger partial charge >= 0.3 is 23.9 Å². The number of carboxylic acids is 2. The van der Waals surface area contributed by atoms with Gasteiger partial charge in [-0.15, -0.1) is 0 Å². The molecule has 170 valence electrons. The molecule has 4 rings (SSSR count). The lowest BCUT2D eigenvalue weighted by atomic mass is 10.0. The third kappa shape index (κ3) is 8.22. The van der Waals surface area contributed by atoms with Crippen LogP contribution in [0.15, 0.2) is 48.5 Å². The predicted octanol–water partition coefficient (Wildman–Crippen LogP) is 4.44. The minimum absolute atomic E-state index is 0.0833. The van der Waals surface area contributed by atoms with E-state index < -0.39 is 23.9 Å². The van der Waals surface area contributed by atoms with Crippen LogP contribution in [0, 0.1) is 0 Å². The summed E-state index contributed by atoms with van der Waals surface area (Å²) in [6.07, 6.45) is 9.00. The zero-order valence-electron chi connectivity index (χ0n) is 17.6. The highest BCUT2D eigenvalue weighted by atomic mass is 16.6. The van der Waals surface area contributed by atoms with Crippen molar-refractivity contribution in [3.8, 4) is 0 Å². The summed E-state index contributed by atoms with van der Waals surface area (Å²) in [5, 5.41) is 16.9. The Bertz CT molecular complexity index is 852. The van der Waals surface area contributed by atoms with Crippen molar-refractivity contribution in [2.45, 2.75) is 38.5 Å². The molecule has 1 heterocycles. The highest BCUT2D eigenvalue weighted by Crippen LogP contribution is 2.15. The molecule has 2 aromatic rings. The number of benzene rings is 2. The third-order valence-electron chi connectivity index (χ3n) is 4.76. The lowest BCUT2D eigenvalue weighted by Crippen LogP contribution is -2.10. The van der Waals surface area contributed by atoms with Crippen LogP contribution in [0.3, 0.4) is 0 Å². The average molecular weight is 442 g/mol. The number of carbonyl (C=O) groups excluding carboxylic acids is 2. The van der Waals surface area contributed by atoms with Crippen molar-refractivity contribution in [2.75, 3.05) is 13.2 Å². The van der Waals surface area contributed by atoms with E-state index in [1.54, 1.807) is 18.2 Å². The van der Waals surface area contributed by atoms with Crippen LogP contribution in [0.25, 0.3) is 0 Å². The van der Waals surface area contributed by atoms with Crippen molar-refractivity contribution in [3.05, 3.63) is 70.8 Å². The van der Waals surface area contributed by atoms with Gasteiger partial charge in [0.05, 0.1) is 22.3 Å². The smallest absolute Gasteiger partial charge is 0.338 e. The molecule has 2 aliphatic rings. The fraction of sp³-hybridized carbons (Fsp3) is 0.333. The van der Waals surface area contributed by atoms with Crippen LogP contribution in [0.4, 0.5) is 0 Å². The largest absolute Gasteiger partial charge is 0.478 e. The van der Waals surface area contributed by atoms with Gasteiger partial charge in [-0.1, -0.05) is 44.6 Å². The maximum absolute atomic E-state index is 11.3. The van der Waals surface area contributed by atoms with Crippen LogP contribution in [-0.4, -0.2) is 47.3 Å². The van der Waals surface area contributed by atoms with Gasteiger partial charge in [-0.25, -0.2) is 19.2 Å². The maximum atomic E-state index is 11.3. The minimum Gasteiger partial charge on any atom is -0.478 e. The number of aromatic carboxylic acids is 2. The summed E-state index contributed by atoms with van der Waals surface area (Å²) in [6.45, 7) is 0.200. The number of hydrogen-bond acceptors (Lipinski definition) is 6. The van der Waals surface area contributed by atoms with Crippen molar-refractivity contribution in [2.24, 2.45) is 0 Å². The molecule has 0 spiro atoms. The Hall–Kier alpha value is -3.68. The van der Waals surface area contributed by atoms with E-state index >= 15 is 0 Å². The molecule has 8 heteroatoms. The van der Waals surface area contributed by atoms with E-state index in [4.69, 9.17) is 19.7 Å². The second kappa shape index (κ2) is 12.9. The molecule has 0 unspecified atom stereocenters. The Kier molecular flexibility index (Phi) is 9.90. The Balaban J connectivity index is 0.000000183. The zero-order valence-corrected chi connectivity index (χ0v) is 17.6. The molecule has 2 aromatic carbocycles. The number of rotatable bonds is 2. The van der Waals surface area contributed by atoms with Gasteiger partial charge < -0.3 is 19.7 Å². The summed E-state index contributed by atoms with van der Waals surface area (Å²) in [6, 6.07) is 11.3. The fourth-order valence-corrected chi connectivity index (χ4v) is 3.02. The van der Waals surface area contributed by atoms with E-state index in [-0.39, 0.29) is 24.3 Å². The summed E-state index contributed by atoms with van der Waals surface area (Å²) in [7, 11) is 0. The normalized spacial score (nSPS) is 15.0. The first-order valence-corrected chi connectivity index (χ1v) is 10.4. The fourth-order valence-electron chi connectivity index (χ4n) is 3.02. The second-order valence-electron chi connectivity index (χ2n) is 7.16. The van der Waals surface area contributed by atoms with E-state index in [0.29, 0.717) is 11.1 Å². The number of hydrogen-bond donors (Lipinski definition) is 2. The molecule has 0 radical (unpaired) electrons. The first-order valence-electron chi connectivity index (χ1n) is 10.4. The number of carboxylic acid groups (broad SMARTS) is 2. The third-order valence-corrected chi connectivity index (χ3v) is 4.76. The van der Waals surface area contributed by atoms with E-state index in [0.717, 1.165) is 0 Å². The number of carbonyl (C=O) groups is 4. The Morgan fingerprint density at radius 3 is 1.28 bits per heavy atom. The van der Waals surface area contributed by atoms with E-state index in [2.05, 4.69) is 0 Å². The number of esters is 2. The number of ether oxygens (including phenoxy) is 2. The van der Waals surface area contributed by atoms with Gasteiger partial charge in [-0.3, -0.25) is 0 Å². The molecule has 8 nitrogen and oxygen atoms in total. The highest BCUT2D eigenvalue weighted by Gasteiger charge is 2.15. The monoisotopic (exact) mass is 442 g/mol. The predicted molar refractivity (Wildman–Crippen MR) is 115 cm³/mol. The van der Waals surface area contributed by atoms with Crippen LogP contribution in [0.1, 0.15) is 80.0 Å². The Labute approximate surface area is 185 Å². The summed E-state index contributed by atoms with van der Waals surface area (Å²) in [4.78, 5) is 43.3. The van der Waals surface area contributed by atoms with E-state index in [1.165, 1.54) is 68.9 Å².